The van der Waals surface area contributed by atoms with Gasteiger partial charge in [-0.2, -0.15) is 11.3 Å². The largest absolute Gasteiger partial charge is 0.347 e. The number of thiophene rings is 1. The number of nitrogens with zero attached hydrogens (tertiary/aromatic N) is 1. The molecule has 0 atom stereocenters. The van der Waals surface area contributed by atoms with Gasteiger partial charge in [0, 0.05) is 17.5 Å². The average Bonchev–Trinajstić information content (AvgIpc) is 3.17. The van der Waals surface area contributed by atoms with E-state index in [9.17, 15) is 9.18 Å². The molecule has 0 fully saturated rings. The third kappa shape index (κ3) is 3.34. The molecule has 106 valence electrons. The van der Waals surface area contributed by atoms with Crippen LogP contribution in [0.5, 0.6) is 0 Å². The van der Waals surface area contributed by atoms with Gasteiger partial charge in [-0.1, -0.05) is 0 Å². The van der Waals surface area contributed by atoms with Crippen LogP contribution in [0.4, 0.5) is 4.39 Å². The summed E-state index contributed by atoms with van der Waals surface area (Å²) in [5.74, 6) is -0.491. The van der Waals surface area contributed by atoms with Gasteiger partial charge in [0.1, 0.15) is 16.5 Å². The number of rotatable bonds is 4. The Labute approximate surface area is 129 Å². The maximum absolute atomic E-state index is 12.9. The molecule has 21 heavy (non-hydrogen) atoms. The maximum Gasteiger partial charge on any atom is 0.271 e. The summed E-state index contributed by atoms with van der Waals surface area (Å²) in [6.45, 7) is 0.492. The Hall–Kier alpha value is -2.05. The van der Waals surface area contributed by atoms with E-state index in [0.717, 1.165) is 11.1 Å². The van der Waals surface area contributed by atoms with Gasteiger partial charge in [-0.05, 0) is 46.7 Å². The van der Waals surface area contributed by atoms with Crippen LogP contribution in [0, 0.1) is 5.82 Å². The van der Waals surface area contributed by atoms with Gasteiger partial charge in [0.25, 0.3) is 5.91 Å². The van der Waals surface area contributed by atoms with Crippen molar-refractivity contribution in [2.24, 2.45) is 0 Å². The van der Waals surface area contributed by atoms with Crippen LogP contribution in [0.1, 0.15) is 16.1 Å². The zero-order valence-corrected chi connectivity index (χ0v) is 12.5. The Morgan fingerprint density at radius 2 is 2.00 bits per heavy atom. The molecule has 2 aromatic heterocycles. The summed E-state index contributed by atoms with van der Waals surface area (Å²) >= 11 is 2.96. The predicted molar refractivity (Wildman–Crippen MR) is 83.0 cm³/mol. The number of benzene rings is 1. The summed E-state index contributed by atoms with van der Waals surface area (Å²) in [5, 5.41) is 9.20. The van der Waals surface area contributed by atoms with Gasteiger partial charge in [-0.25, -0.2) is 9.37 Å². The van der Waals surface area contributed by atoms with Crippen LogP contribution in [0.3, 0.4) is 0 Å². The van der Waals surface area contributed by atoms with E-state index in [1.54, 1.807) is 28.8 Å². The number of hydrogen-bond acceptors (Lipinski definition) is 4. The zero-order valence-electron chi connectivity index (χ0n) is 10.9. The molecule has 0 bridgehead atoms. The Balaban J connectivity index is 1.69. The second kappa shape index (κ2) is 6.15. The van der Waals surface area contributed by atoms with E-state index in [4.69, 9.17) is 0 Å². The minimum absolute atomic E-state index is 0.203. The maximum atomic E-state index is 12.9. The van der Waals surface area contributed by atoms with Crippen molar-refractivity contribution in [1.82, 2.24) is 10.3 Å². The summed E-state index contributed by atoms with van der Waals surface area (Å²) in [5.41, 5.74) is 2.26. The van der Waals surface area contributed by atoms with Crippen molar-refractivity contribution < 1.29 is 9.18 Å². The standard InChI is InChI=1S/C15H11FN2OS2/c16-12-3-1-11(2-4-12)15-18-13(9-21-15)14(19)17-7-10-5-6-20-8-10/h1-6,8-9H,7H2,(H,17,19). The molecule has 6 heteroatoms. The quantitative estimate of drug-likeness (QED) is 0.791. The van der Waals surface area contributed by atoms with Gasteiger partial charge in [0.15, 0.2) is 0 Å². The molecule has 0 saturated carbocycles. The summed E-state index contributed by atoms with van der Waals surface area (Å²) in [6, 6.07) is 8.04. The molecule has 1 N–H and O–H groups in total. The molecule has 0 saturated heterocycles. The number of nitrogens with one attached hydrogen (secondary N) is 1. The van der Waals surface area contributed by atoms with Gasteiger partial charge in [-0.15, -0.1) is 11.3 Å². The second-order valence-corrected chi connectivity index (χ2v) is 6.00. The van der Waals surface area contributed by atoms with Crippen molar-refractivity contribution in [3.8, 4) is 10.6 Å². The van der Waals surface area contributed by atoms with Crippen LogP contribution in [0.2, 0.25) is 0 Å². The van der Waals surface area contributed by atoms with Crippen molar-refractivity contribution in [3.63, 3.8) is 0 Å². The normalized spacial score (nSPS) is 10.5. The molecular formula is C15H11FN2OS2. The molecule has 0 radical (unpaired) electrons. The molecule has 0 aliphatic carbocycles. The topological polar surface area (TPSA) is 42.0 Å². The van der Waals surface area contributed by atoms with E-state index in [-0.39, 0.29) is 11.7 Å². The molecule has 0 spiro atoms. The van der Waals surface area contributed by atoms with Crippen molar-refractivity contribution in [2.75, 3.05) is 0 Å². The number of carbonyl (C=O) groups is 1. The first-order valence-electron chi connectivity index (χ1n) is 6.23. The minimum atomic E-state index is -0.288. The lowest BCUT2D eigenvalue weighted by Gasteiger charge is -2.00. The molecular weight excluding hydrogens is 307 g/mol. The Morgan fingerprint density at radius 1 is 1.19 bits per heavy atom. The third-order valence-corrected chi connectivity index (χ3v) is 4.48. The number of hydrogen-bond donors (Lipinski definition) is 1. The van der Waals surface area contributed by atoms with Crippen LogP contribution in [0.15, 0.2) is 46.5 Å². The van der Waals surface area contributed by atoms with Crippen molar-refractivity contribution >= 4 is 28.6 Å². The molecule has 1 aromatic carbocycles. The highest BCUT2D eigenvalue weighted by molar-refractivity contribution is 7.13. The van der Waals surface area contributed by atoms with Gasteiger partial charge in [0.05, 0.1) is 0 Å². The number of amides is 1. The fourth-order valence-electron chi connectivity index (χ4n) is 1.77. The summed E-state index contributed by atoms with van der Waals surface area (Å²) in [6.07, 6.45) is 0. The smallest absolute Gasteiger partial charge is 0.271 e. The van der Waals surface area contributed by atoms with Crippen LogP contribution in [0.25, 0.3) is 10.6 Å². The molecule has 1 amide bonds. The lowest BCUT2D eigenvalue weighted by Crippen LogP contribution is -2.22. The highest BCUT2D eigenvalue weighted by atomic mass is 32.1. The SMILES string of the molecule is O=C(NCc1ccsc1)c1csc(-c2ccc(F)cc2)n1. The van der Waals surface area contributed by atoms with Crippen LogP contribution >= 0.6 is 22.7 Å². The summed E-state index contributed by atoms with van der Waals surface area (Å²) < 4.78 is 12.9. The van der Waals surface area contributed by atoms with Crippen LogP contribution < -0.4 is 5.32 Å². The monoisotopic (exact) mass is 318 g/mol. The Morgan fingerprint density at radius 3 is 2.71 bits per heavy atom. The minimum Gasteiger partial charge on any atom is -0.347 e. The molecule has 0 unspecified atom stereocenters. The first-order chi connectivity index (χ1) is 10.2. The Bertz CT molecular complexity index is 735. The van der Waals surface area contributed by atoms with Gasteiger partial charge in [-0.3, -0.25) is 4.79 Å². The molecule has 2 heterocycles. The van der Waals surface area contributed by atoms with Gasteiger partial charge >= 0.3 is 0 Å². The number of carbonyl (C=O) groups excluding carboxylic acids is 1. The molecule has 0 aliphatic heterocycles. The summed E-state index contributed by atoms with van der Waals surface area (Å²) in [7, 11) is 0. The van der Waals surface area contributed by atoms with Gasteiger partial charge in [0.2, 0.25) is 0 Å². The molecule has 3 aromatic rings. The van der Waals surface area contributed by atoms with E-state index in [1.165, 1.54) is 23.5 Å². The average molecular weight is 318 g/mol. The molecule has 3 rings (SSSR count). The van der Waals surface area contributed by atoms with E-state index in [0.29, 0.717) is 17.2 Å². The van der Waals surface area contributed by atoms with E-state index < -0.39 is 0 Å². The first kappa shape index (κ1) is 13.9. The molecule has 0 aliphatic rings. The van der Waals surface area contributed by atoms with Crippen molar-refractivity contribution in [3.05, 3.63) is 63.5 Å². The van der Waals surface area contributed by atoms with Crippen molar-refractivity contribution in [2.45, 2.75) is 6.54 Å². The van der Waals surface area contributed by atoms with Gasteiger partial charge < -0.3 is 5.32 Å². The zero-order chi connectivity index (χ0) is 14.7. The predicted octanol–water partition coefficient (Wildman–Crippen LogP) is 3.94. The second-order valence-electron chi connectivity index (χ2n) is 4.36. The number of thiazole rings is 1. The fourth-order valence-corrected chi connectivity index (χ4v) is 3.24. The molecule has 3 nitrogen and oxygen atoms in total. The van der Waals surface area contributed by atoms with E-state index >= 15 is 0 Å². The van der Waals surface area contributed by atoms with Crippen LogP contribution in [-0.2, 0) is 6.54 Å². The van der Waals surface area contributed by atoms with Crippen LogP contribution in [-0.4, -0.2) is 10.9 Å². The summed E-state index contributed by atoms with van der Waals surface area (Å²) in [4.78, 5) is 16.3. The first-order valence-corrected chi connectivity index (χ1v) is 8.05. The lowest BCUT2D eigenvalue weighted by molar-refractivity contribution is 0.0946. The van der Waals surface area contributed by atoms with E-state index in [1.807, 2.05) is 16.8 Å². The fraction of sp³-hybridized carbons (Fsp3) is 0.0667. The highest BCUT2D eigenvalue weighted by Crippen LogP contribution is 2.23. The third-order valence-electron chi connectivity index (χ3n) is 2.86. The highest BCUT2D eigenvalue weighted by Gasteiger charge is 2.11. The Kier molecular flexibility index (Phi) is 4.08. The van der Waals surface area contributed by atoms with Crippen molar-refractivity contribution in [1.29, 1.82) is 0 Å². The lowest BCUT2D eigenvalue weighted by atomic mass is 10.2. The number of halogens is 1. The van der Waals surface area contributed by atoms with E-state index in [2.05, 4.69) is 10.3 Å². The number of aromatic nitrogens is 1.